The molecule has 0 spiro atoms. The topological polar surface area (TPSA) is 58.9 Å². The first kappa shape index (κ1) is 13.6. The predicted molar refractivity (Wildman–Crippen MR) is 74.6 cm³/mol. The Kier molecular flexibility index (Phi) is 4.22. The minimum atomic E-state index is -0.576. The maximum Gasteiger partial charge on any atom is 0.343 e. The summed E-state index contributed by atoms with van der Waals surface area (Å²) in [4.78, 5) is 16.1. The van der Waals surface area contributed by atoms with Crippen LogP contribution >= 0.6 is 11.6 Å². The van der Waals surface area contributed by atoms with Gasteiger partial charge in [0.25, 0.3) is 0 Å². The minimum Gasteiger partial charge on any atom is -0.506 e. The molecule has 0 unspecified atom stereocenters. The summed E-state index contributed by atoms with van der Waals surface area (Å²) in [6.45, 7) is 0.670. The van der Waals surface area contributed by atoms with Crippen LogP contribution in [-0.4, -0.2) is 30.4 Å². The maximum absolute atomic E-state index is 11.8. The molecule has 0 aromatic heterocycles. The van der Waals surface area contributed by atoms with Crippen molar-refractivity contribution in [1.29, 1.82) is 0 Å². The van der Waals surface area contributed by atoms with Crippen LogP contribution in [0.3, 0.4) is 0 Å². The Bertz CT molecular complexity index is 546. The Balaban J connectivity index is 2.47. The first-order chi connectivity index (χ1) is 9.13. The molecule has 2 rings (SSSR count). The molecular weight excluding hydrogens is 266 g/mol. The molecule has 5 heteroatoms. The van der Waals surface area contributed by atoms with Gasteiger partial charge in [-0.05, 0) is 37.1 Å². The fourth-order valence-electron chi connectivity index (χ4n) is 1.95. The second-order valence-corrected chi connectivity index (χ2v) is 4.59. The van der Waals surface area contributed by atoms with Crippen LogP contribution in [0.2, 0.25) is 5.02 Å². The molecule has 0 bridgehead atoms. The number of nitrogens with zero attached hydrogens (tertiary/aromatic N) is 1. The molecule has 1 aliphatic heterocycles. The summed E-state index contributed by atoms with van der Waals surface area (Å²) in [7, 11) is 1.28. The fourth-order valence-corrected chi connectivity index (χ4v) is 2.07. The van der Waals surface area contributed by atoms with Crippen molar-refractivity contribution in [2.45, 2.75) is 12.8 Å². The van der Waals surface area contributed by atoms with E-state index in [1.807, 2.05) is 0 Å². The summed E-state index contributed by atoms with van der Waals surface area (Å²) in [5, 5.41) is 10.9. The van der Waals surface area contributed by atoms with Crippen molar-refractivity contribution < 1.29 is 14.6 Å². The summed E-state index contributed by atoms with van der Waals surface area (Å²) < 4.78 is 4.73. The molecule has 4 nitrogen and oxygen atoms in total. The molecule has 19 heavy (non-hydrogen) atoms. The third kappa shape index (κ3) is 2.96. The van der Waals surface area contributed by atoms with E-state index in [4.69, 9.17) is 16.3 Å². The number of aliphatic hydroxyl groups is 1. The van der Waals surface area contributed by atoms with E-state index in [9.17, 15) is 9.90 Å². The lowest BCUT2D eigenvalue weighted by Gasteiger charge is -2.09. The quantitative estimate of drug-likeness (QED) is 0.526. The minimum absolute atomic E-state index is 0.121. The van der Waals surface area contributed by atoms with Gasteiger partial charge >= 0.3 is 5.97 Å². The van der Waals surface area contributed by atoms with Gasteiger partial charge in [-0.3, -0.25) is 4.99 Å². The lowest BCUT2D eigenvalue weighted by molar-refractivity contribution is -0.135. The van der Waals surface area contributed by atoms with E-state index in [1.165, 1.54) is 7.11 Å². The molecule has 1 aliphatic rings. The Morgan fingerprint density at radius 2 is 2.05 bits per heavy atom. The summed E-state index contributed by atoms with van der Waals surface area (Å²) >= 11 is 5.80. The average molecular weight is 280 g/mol. The molecule has 1 N–H and O–H groups in total. The number of carbonyl (C=O) groups is 1. The van der Waals surface area contributed by atoms with Gasteiger partial charge in [-0.25, -0.2) is 4.79 Å². The standard InChI is InChI=1S/C14H14ClNO3/c1-19-14(18)12(11-3-2-8-16-11)13(17)9-4-6-10(15)7-5-9/h4-7,17H,2-3,8H2,1H3/b13-12-. The first-order valence-corrected chi connectivity index (χ1v) is 6.32. The molecule has 1 heterocycles. The number of rotatable bonds is 3. The van der Waals surface area contributed by atoms with Gasteiger partial charge in [-0.2, -0.15) is 0 Å². The lowest BCUT2D eigenvalue weighted by Crippen LogP contribution is -2.15. The van der Waals surface area contributed by atoms with E-state index >= 15 is 0 Å². The average Bonchev–Trinajstić information content (AvgIpc) is 2.93. The summed E-state index contributed by atoms with van der Waals surface area (Å²) in [5.41, 5.74) is 1.25. The van der Waals surface area contributed by atoms with Crippen LogP contribution in [0.4, 0.5) is 0 Å². The van der Waals surface area contributed by atoms with Crippen LogP contribution in [0, 0.1) is 0 Å². The van der Waals surface area contributed by atoms with Gasteiger partial charge in [0.1, 0.15) is 11.3 Å². The molecule has 1 aromatic rings. The molecule has 0 amide bonds. The molecule has 0 aliphatic carbocycles. The molecule has 0 atom stereocenters. The summed E-state index contributed by atoms with van der Waals surface area (Å²) in [6, 6.07) is 6.60. The van der Waals surface area contributed by atoms with Crippen LogP contribution in [-0.2, 0) is 9.53 Å². The monoisotopic (exact) mass is 279 g/mol. The van der Waals surface area contributed by atoms with Gasteiger partial charge in [-0.1, -0.05) is 11.6 Å². The molecule has 0 saturated carbocycles. The SMILES string of the molecule is COC(=O)/C(C1=NCCC1)=C(\O)c1ccc(Cl)cc1. The number of halogens is 1. The van der Waals surface area contributed by atoms with E-state index in [-0.39, 0.29) is 11.3 Å². The number of methoxy groups -OCH3 is 1. The van der Waals surface area contributed by atoms with Crippen LogP contribution in [0.15, 0.2) is 34.8 Å². The smallest absolute Gasteiger partial charge is 0.343 e. The molecule has 1 aromatic carbocycles. The van der Waals surface area contributed by atoms with Crippen LogP contribution in [0.1, 0.15) is 18.4 Å². The Morgan fingerprint density at radius 3 is 2.58 bits per heavy atom. The highest BCUT2D eigenvalue weighted by molar-refractivity contribution is 6.30. The van der Waals surface area contributed by atoms with Crippen molar-refractivity contribution in [1.82, 2.24) is 0 Å². The number of hydrogen-bond acceptors (Lipinski definition) is 4. The number of hydrogen-bond donors (Lipinski definition) is 1. The normalized spacial score (nSPS) is 15.8. The van der Waals surface area contributed by atoms with E-state index in [1.54, 1.807) is 24.3 Å². The van der Waals surface area contributed by atoms with Crippen LogP contribution < -0.4 is 0 Å². The van der Waals surface area contributed by atoms with Gasteiger partial charge in [0.2, 0.25) is 0 Å². The van der Waals surface area contributed by atoms with Crippen molar-refractivity contribution >= 4 is 29.0 Å². The zero-order valence-electron chi connectivity index (χ0n) is 10.5. The van der Waals surface area contributed by atoms with Crippen molar-refractivity contribution in [3.8, 4) is 0 Å². The van der Waals surface area contributed by atoms with Gasteiger partial charge in [0, 0.05) is 17.1 Å². The Morgan fingerprint density at radius 1 is 1.37 bits per heavy atom. The maximum atomic E-state index is 11.8. The van der Waals surface area contributed by atoms with Gasteiger partial charge < -0.3 is 9.84 Å². The third-order valence-electron chi connectivity index (χ3n) is 2.91. The lowest BCUT2D eigenvalue weighted by atomic mass is 10.0. The number of aliphatic imine (C=N–C) groups is 1. The fraction of sp³-hybridized carbons (Fsp3) is 0.286. The van der Waals surface area contributed by atoms with Crippen LogP contribution in [0.25, 0.3) is 5.76 Å². The number of benzene rings is 1. The Labute approximate surface area is 116 Å². The first-order valence-electron chi connectivity index (χ1n) is 5.94. The van der Waals surface area contributed by atoms with Crippen LogP contribution in [0.5, 0.6) is 0 Å². The van der Waals surface area contributed by atoms with E-state index in [0.717, 1.165) is 6.42 Å². The van der Waals surface area contributed by atoms with Crippen molar-refractivity contribution in [2.24, 2.45) is 4.99 Å². The molecule has 0 radical (unpaired) electrons. The number of ether oxygens (including phenoxy) is 1. The highest BCUT2D eigenvalue weighted by Gasteiger charge is 2.24. The van der Waals surface area contributed by atoms with E-state index in [2.05, 4.69) is 4.99 Å². The van der Waals surface area contributed by atoms with Crippen molar-refractivity contribution in [3.63, 3.8) is 0 Å². The highest BCUT2D eigenvalue weighted by Crippen LogP contribution is 2.23. The number of carbonyl (C=O) groups excluding carboxylic acids is 1. The number of aliphatic hydroxyl groups excluding tert-OH is 1. The molecular formula is C14H14ClNO3. The molecule has 0 saturated heterocycles. The second kappa shape index (κ2) is 5.89. The summed E-state index contributed by atoms with van der Waals surface area (Å²) in [6.07, 6.45) is 1.55. The van der Waals surface area contributed by atoms with E-state index < -0.39 is 5.97 Å². The molecule has 0 fully saturated rings. The predicted octanol–water partition coefficient (Wildman–Crippen LogP) is 3.02. The third-order valence-corrected chi connectivity index (χ3v) is 3.16. The Hall–Kier alpha value is -1.81. The van der Waals surface area contributed by atoms with Gasteiger partial charge in [0.05, 0.1) is 12.8 Å². The largest absolute Gasteiger partial charge is 0.506 e. The zero-order valence-corrected chi connectivity index (χ0v) is 11.3. The zero-order chi connectivity index (χ0) is 13.8. The van der Waals surface area contributed by atoms with Gasteiger partial charge in [0.15, 0.2) is 0 Å². The summed E-state index contributed by atoms with van der Waals surface area (Å²) in [5.74, 6) is -0.697. The van der Waals surface area contributed by atoms with Gasteiger partial charge in [-0.15, -0.1) is 0 Å². The molecule has 100 valence electrons. The van der Waals surface area contributed by atoms with E-state index in [0.29, 0.717) is 29.3 Å². The number of esters is 1. The van der Waals surface area contributed by atoms with Crippen molar-refractivity contribution in [3.05, 3.63) is 40.4 Å². The highest BCUT2D eigenvalue weighted by atomic mass is 35.5. The van der Waals surface area contributed by atoms with Crippen molar-refractivity contribution in [2.75, 3.05) is 13.7 Å². The second-order valence-electron chi connectivity index (χ2n) is 4.15.